The van der Waals surface area contributed by atoms with Crippen LogP contribution in [0.25, 0.3) is 0 Å². The quantitative estimate of drug-likeness (QED) is 0.145. The van der Waals surface area contributed by atoms with Gasteiger partial charge in [-0.25, -0.2) is 4.57 Å². The van der Waals surface area contributed by atoms with Crippen LogP contribution in [0.2, 0.25) is 0 Å². The summed E-state index contributed by atoms with van der Waals surface area (Å²) in [6, 6.07) is 0. The van der Waals surface area contributed by atoms with Gasteiger partial charge in [0.1, 0.15) is 12.7 Å². The maximum Gasteiger partial charge on any atom is 0.469 e. The molecule has 0 rings (SSSR count). The van der Waals surface area contributed by atoms with E-state index in [-0.39, 0.29) is 13.0 Å². The molecule has 1 atom stereocenters. The molecule has 3 N–H and O–H groups in total. The number of unbranched alkanes of at least 4 members (excludes halogenated alkanes) is 6. The first-order chi connectivity index (χ1) is 12.8. The molecule has 0 aliphatic carbocycles. The molecule has 0 spiro atoms. The number of phosphoric acid groups is 1. The number of phosphoric ester groups is 1. The second-order valence-electron chi connectivity index (χ2n) is 6.40. The zero-order valence-electron chi connectivity index (χ0n) is 16.3. The fourth-order valence-electron chi connectivity index (χ4n) is 2.23. The lowest BCUT2D eigenvalue weighted by molar-refractivity contribution is -0.147. The predicted octanol–water partition coefficient (Wildman–Crippen LogP) is 4.03. The third-order valence-electron chi connectivity index (χ3n) is 3.68. The number of carbonyl (C=O) groups is 1. The van der Waals surface area contributed by atoms with Gasteiger partial charge in [0.2, 0.25) is 0 Å². The van der Waals surface area contributed by atoms with Gasteiger partial charge in [0.05, 0.1) is 6.61 Å². The highest BCUT2D eigenvalue weighted by Crippen LogP contribution is 2.35. The van der Waals surface area contributed by atoms with Crippen LogP contribution >= 0.6 is 7.82 Å². The van der Waals surface area contributed by atoms with Crippen molar-refractivity contribution >= 4 is 13.8 Å². The summed E-state index contributed by atoms with van der Waals surface area (Å²) in [5, 5.41) is 9.39. The SMILES string of the molecule is CCC/C=C\C/C=C\CCCCCCCC(=O)OCC(O)COP(=O)(O)O. The van der Waals surface area contributed by atoms with Crippen molar-refractivity contribution in [3.8, 4) is 0 Å². The predicted molar refractivity (Wildman–Crippen MR) is 105 cm³/mol. The summed E-state index contributed by atoms with van der Waals surface area (Å²) in [5.41, 5.74) is 0. The van der Waals surface area contributed by atoms with E-state index in [0.29, 0.717) is 0 Å². The summed E-state index contributed by atoms with van der Waals surface area (Å²) in [6.07, 6.45) is 17.3. The molecule has 0 saturated carbocycles. The molecule has 0 radical (unpaired) electrons. The van der Waals surface area contributed by atoms with Crippen LogP contribution in [0.1, 0.15) is 71.1 Å². The first-order valence-electron chi connectivity index (χ1n) is 9.69. The molecule has 8 heteroatoms. The summed E-state index contributed by atoms with van der Waals surface area (Å²) in [7, 11) is -4.62. The van der Waals surface area contributed by atoms with Gasteiger partial charge in [-0.1, -0.05) is 56.9 Å². The van der Waals surface area contributed by atoms with E-state index in [9.17, 15) is 14.5 Å². The second kappa shape index (κ2) is 17.1. The molecule has 27 heavy (non-hydrogen) atoms. The molecule has 0 aliphatic rings. The first-order valence-corrected chi connectivity index (χ1v) is 11.2. The Labute approximate surface area is 162 Å². The van der Waals surface area contributed by atoms with Crippen LogP contribution < -0.4 is 0 Å². The number of rotatable bonds is 17. The Kier molecular flexibility index (Phi) is 16.5. The highest BCUT2D eigenvalue weighted by molar-refractivity contribution is 7.46. The number of carbonyl (C=O) groups excluding carboxylic acids is 1. The molecular weight excluding hydrogens is 371 g/mol. The normalized spacial score (nSPS) is 13.5. The zero-order valence-corrected chi connectivity index (χ0v) is 17.2. The molecule has 158 valence electrons. The van der Waals surface area contributed by atoms with E-state index in [2.05, 4.69) is 35.8 Å². The van der Waals surface area contributed by atoms with Gasteiger partial charge in [0.25, 0.3) is 0 Å². The molecule has 0 saturated heterocycles. The summed E-state index contributed by atoms with van der Waals surface area (Å²) < 4.78 is 19.4. The van der Waals surface area contributed by atoms with Crippen molar-refractivity contribution in [2.45, 2.75) is 77.2 Å². The van der Waals surface area contributed by atoms with Crippen LogP contribution in [0.5, 0.6) is 0 Å². The van der Waals surface area contributed by atoms with Crippen molar-refractivity contribution < 1.29 is 33.5 Å². The average Bonchev–Trinajstić information content (AvgIpc) is 2.61. The highest BCUT2D eigenvalue weighted by Gasteiger charge is 2.17. The monoisotopic (exact) mass is 406 g/mol. The van der Waals surface area contributed by atoms with Crippen LogP contribution in [-0.2, 0) is 18.6 Å². The number of hydrogen-bond donors (Lipinski definition) is 3. The minimum atomic E-state index is -4.62. The van der Waals surface area contributed by atoms with E-state index >= 15 is 0 Å². The van der Waals surface area contributed by atoms with Gasteiger partial charge in [-0.3, -0.25) is 9.32 Å². The number of aliphatic hydroxyl groups excluding tert-OH is 1. The van der Waals surface area contributed by atoms with E-state index in [1.165, 1.54) is 6.42 Å². The van der Waals surface area contributed by atoms with Crippen molar-refractivity contribution in [3.05, 3.63) is 24.3 Å². The number of esters is 1. The van der Waals surface area contributed by atoms with Gasteiger partial charge >= 0.3 is 13.8 Å². The molecule has 0 aromatic carbocycles. The standard InChI is InChI=1S/C19H35O7P/c1-2-3-4-5-6-7-8-9-10-11-12-13-14-15-19(21)25-16-18(20)17-26-27(22,23)24/h4-5,7-8,18,20H,2-3,6,9-17H2,1H3,(H2,22,23,24)/b5-4-,8-7-. The number of ether oxygens (including phenoxy) is 1. The number of hydrogen-bond acceptors (Lipinski definition) is 5. The van der Waals surface area contributed by atoms with E-state index < -0.39 is 26.5 Å². The van der Waals surface area contributed by atoms with Crippen LogP contribution in [0.4, 0.5) is 0 Å². The topological polar surface area (TPSA) is 113 Å². The van der Waals surface area contributed by atoms with Crippen molar-refractivity contribution in [2.24, 2.45) is 0 Å². The fourth-order valence-corrected chi connectivity index (χ4v) is 2.59. The smallest absolute Gasteiger partial charge is 0.463 e. The maximum atomic E-state index is 11.5. The molecular formula is C19H35O7P. The summed E-state index contributed by atoms with van der Waals surface area (Å²) in [6.45, 7) is 1.25. The summed E-state index contributed by atoms with van der Waals surface area (Å²) >= 11 is 0. The maximum absolute atomic E-state index is 11.5. The Morgan fingerprint density at radius 2 is 1.59 bits per heavy atom. The average molecular weight is 406 g/mol. The van der Waals surface area contributed by atoms with Crippen LogP contribution in [0.15, 0.2) is 24.3 Å². The van der Waals surface area contributed by atoms with E-state index in [1.54, 1.807) is 0 Å². The Balaban J connectivity index is 3.45. The van der Waals surface area contributed by atoms with Crippen molar-refractivity contribution in [2.75, 3.05) is 13.2 Å². The highest BCUT2D eigenvalue weighted by atomic mass is 31.2. The molecule has 0 aromatic heterocycles. The Hall–Kier alpha value is -0.980. The minimum Gasteiger partial charge on any atom is -0.463 e. The lowest BCUT2D eigenvalue weighted by atomic mass is 10.1. The molecule has 7 nitrogen and oxygen atoms in total. The number of aliphatic hydroxyl groups is 1. The van der Waals surface area contributed by atoms with Crippen molar-refractivity contribution in [1.29, 1.82) is 0 Å². The minimum absolute atomic E-state index is 0.274. The molecule has 0 aromatic rings. The van der Waals surface area contributed by atoms with Gasteiger partial charge in [0, 0.05) is 6.42 Å². The Morgan fingerprint density at radius 1 is 0.963 bits per heavy atom. The van der Waals surface area contributed by atoms with Crippen molar-refractivity contribution in [1.82, 2.24) is 0 Å². The Bertz CT molecular complexity index is 471. The van der Waals surface area contributed by atoms with E-state index in [4.69, 9.17) is 14.5 Å². The molecule has 0 aliphatic heterocycles. The second-order valence-corrected chi connectivity index (χ2v) is 7.64. The molecule has 0 bridgehead atoms. The van der Waals surface area contributed by atoms with E-state index in [0.717, 1.165) is 51.4 Å². The molecule has 0 fully saturated rings. The Morgan fingerprint density at radius 3 is 2.26 bits per heavy atom. The third kappa shape index (κ3) is 21.2. The van der Waals surface area contributed by atoms with Crippen LogP contribution in [-0.4, -0.2) is 40.2 Å². The van der Waals surface area contributed by atoms with Gasteiger partial charge in [-0.15, -0.1) is 0 Å². The van der Waals surface area contributed by atoms with Gasteiger partial charge < -0.3 is 19.6 Å². The molecule has 0 heterocycles. The molecule has 0 amide bonds. The fraction of sp³-hybridized carbons (Fsp3) is 0.737. The zero-order chi connectivity index (χ0) is 20.4. The summed E-state index contributed by atoms with van der Waals surface area (Å²) in [5.74, 6) is -0.427. The molecule has 1 unspecified atom stereocenters. The van der Waals surface area contributed by atoms with Gasteiger partial charge in [-0.2, -0.15) is 0 Å². The summed E-state index contributed by atoms with van der Waals surface area (Å²) in [4.78, 5) is 28.5. The van der Waals surface area contributed by atoms with Gasteiger partial charge in [-0.05, 0) is 32.1 Å². The third-order valence-corrected chi connectivity index (χ3v) is 4.17. The van der Waals surface area contributed by atoms with Crippen molar-refractivity contribution in [3.63, 3.8) is 0 Å². The van der Waals surface area contributed by atoms with E-state index in [1.807, 2.05) is 0 Å². The lowest BCUT2D eigenvalue weighted by Crippen LogP contribution is -2.23. The first kappa shape index (κ1) is 26.0. The lowest BCUT2D eigenvalue weighted by Gasteiger charge is -2.12. The van der Waals surface area contributed by atoms with Gasteiger partial charge in [0.15, 0.2) is 0 Å². The van der Waals surface area contributed by atoms with Crippen LogP contribution in [0, 0.1) is 0 Å². The number of allylic oxidation sites excluding steroid dienone is 4. The van der Waals surface area contributed by atoms with Crippen LogP contribution in [0.3, 0.4) is 0 Å². The largest absolute Gasteiger partial charge is 0.469 e.